The van der Waals surface area contributed by atoms with Gasteiger partial charge in [0.1, 0.15) is 0 Å². The normalized spacial score (nSPS) is 23.3. The van der Waals surface area contributed by atoms with Crippen molar-refractivity contribution in [2.75, 3.05) is 49.9 Å². The molecule has 1 aromatic carbocycles. The second-order valence-electron chi connectivity index (χ2n) is 12.0. The Morgan fingerprint density at radius 1 is 1.25 bits per heavy atom. The smallest absolute Gasteiger partial charge is 0.219 e. The van der Waals surface area contributed by atoms with Gasteiger partial charge in [0, 0.05) is 50.0 Å². The van der Waals surface area contributed by atoms with Crippen LogP contribution in [0.3, 0.4) is 0 Å². The van der Waals surface area contributed by atoms with Crippen molar-refractivity contribution in [2.24, 2.45) is 5.92 Å². The van der Waals surface area contributed by atoms with Gasteiger partial charge in [-0.1, -0.05) is 46.8 Å². The second-order valence-corrected chi connectivity index (χ2v) is 20.5. The number of carbonyl (C=O) groups is 1. The van der Waals surface area contributed by atoms with Crippen LogP contribution in [0.15, 0.2) is 24.3 Å². The Labute approximate surface area is 220 Å². The molecule has 0 aliphatic carbocycles. The summed E-state index contributed by atoms with van der Waals surface area (Å²) in [6.45, 7) is 12.9. The van der Waals surface area contributed by atoms with Gasteiger partial charge in [-0.25, -0.2) is 9.65 Å². The standard InChI is InChI=1S/C28H43N4O2PS/c1-20(33)30-13-11-26-24(17-30)27(29-32(26)23-12-14-34-18-23)31-16-21(15-22-9-7-8-10-25(22)31)19-35-36(5,6)28(2,3)4/h7-10,21,23,35H,11-19H2,1-6H3/t21?,23-/m0/s1. The van der Waals surface area contributed by atoms with E-state index < -0.39 is 9.65 Å². The van der Waals surface area contributed by atoms with Crippen LogP contribution < -0.4 is 4.90 Å². The number of ether oxygens (including phenoxy) is 1. The molecule has 8 heteroatoms. The van der Waals surface area contributed by atoms with E-state index in [0.29, 0.717) is 23.3 Å². The number of fused-ring (bicyclic) bond motifs is 2. The van der Waals surface area contributed by atoms with Crippen molar-refractivity contribution in [3.63, 3.8) is 0 Å². The summed E-state index contributed by atoms with van der Waals surface area (Å²) in [6, 6.07) is 9.18. The number of carbonyl (C=O) groups excluding carboxylic acids is 1. The van der Waals surface area contributed by atoms with Crippen molar-refractivity contribution in [3.8, 4) is 0 Å². The summed E-state index contributed by atoms with van der Waals surface area (Å²) < 4.78 is 8.38. The van der Waals surface area contributed by atoms with E-state index in [1.165, 1.54) is 28.7 Å². The van der Waals surface area contributed by atoms with Gasteiger partial charge in [-0.3, -0.25) is 9.48 Å². The van der Waals surface area contributed by atoms with Crippen LogP contribution in [0.4, 0.5) is 11.5 Å². The van der Waals surface area contributed by atoms with Crippen LogP contribution in [0.2, 0.25) is 0 Å². The highest BCUT2D eigenvalue weighted by molar-refractivity contribution is 8.72. The number of anilines is 2. The predicted octanol–water partition coefficient (Wildman–Crippen LogP) is 5.52. The Balaban J connectivity index is 1.50. The fraction of sp³-hybridized carbons (Fsp3) is 0.643. The third-order valence-electron chi connectivity index (χ3n) is 8.51. The molecule has 3 atom stereocenters. The SMILES string of the molecule is CC(=O)N1CCc2c(c(N3CC(CPS(C)(C)C(C)(C)C)Cc4ccccc43)nn2[C@H]2CCOC2)C1. The highest BCUT2D eigenvalue weighted by atomic mass is 32.8. The average Bonchev–Trinajstić information content (AvgIpc) is 3.49. The summed E-state index contributed by atoms with van der Waals surface area (Å²) >= 11 is 0. The molecule has 4 heterocycles. The van der Waals surface area contributed by atoms with E-state index in [9.17, 15) is 4.79 Å². The summed E-state index contributed by atoms with van der Waals surface area (Å²) in [4.78, 5) is 16.8. The summed E-state index contributed by atoms with van der Waals surface area (Å²) in [5.74, 6) is 1.82. The van der Waals surface area contributed by atoms with E-state index in [0.717, 1.165) is 59.2 Å². The molecule has 3 aliphatic heterocycles. The molecule has 5 rings (SSSR count). The molecule has 198 valence electrons. The van der Waals surface area contributed by atoms with Crippen molar-refractivity contribution in [2.45, 2.75) is 64.3 Å². The number of hydrogen-bond acceptors (Lipinski definition) is 4. The number of amides is 1. The largest absolute Gasteiger partial charge is 0.379 e. The minimum absolute atomic E-state index is 0.147. The quantitative estimate of drug-likeness (QED) is 0.478. The lowest BCUT2D eigenvalue weighted by Gasteiger charge is -2.46. The van der Waals surface area contributed by atoms with Gasteiger partial charge in [-0.05, 0) is 53.8 Å². The lowest BCUT2D eigenvalue weighted by atomic mass is 9.93. The molecule has 1 fully saturated rings. The Morgan fingerprint density at radius 2 is 2.03 bits per heavy atom. The molecule has 0 bridgehead atoms. The molecule has 0 N–H and O–H groups in total. The van der Waals surface area contributed by atoms with Crippen molar-refractivity contribution < 1.29 is 9.53 Å². The summed E-state index contributed by atoms with van der Waals surface area (Å²) in [5.41, 5.74) is 5.25. The minimum atomic E-state index is -0.663. The first-order chi connectivity index (χ1) is 17.0. The number of aromatic nitrogens is 2. The van der Waals surface area contributed by atoms with E-state index in [-0.39, 0.29) is 5.91 Å². The molecule has 36 heavy (non-hydrogen) atoms. The molecule has 6 nitrogen and oxygen atoms in total. The zero-order chi connectivity index (χ0) is 25.7. The van der Waals surface area contributed by atoms with Gasteiger partial charge < -0.3 is 14.5 Å². The van der Waals surface area contributed by atoms with Crippen molar-refractivity contribution in [3.05, 3.63) is 41.1 Å². The number of benzene rings is 1. The molecular formula is C28H43N4O2PS. The molecule has 0 radical (unpaired) electrons. The van der Waals surface area contributed by atoms with Gasteiger partial charge in [-0.15, -0.1) is 0 Å². The van der Waals surface area contributed by atoms with Gasteiger partial charge in [0.2, 0.25) is 5.91 Å². The van der Waals surface area contributed by atoms with Gasteiger partial charge in [0.05, 0.1) is 19.2 Å². The van der Waals surface area contributed by atoms with Crippen LogP contribution in [0, 0.1) is 5.92 Å². The molecule has 0 spiro atoms. The van der Waals surface area contributed by atoms with Gasteiger partial charge in [0.15, 0.2) is 5.82 Å². The molecule has 2 aromatic rings. The van der Waals surface area contributed by atoms with E-state index in [1.54, 1.807) is 6.92 Å². The molecule has 2 unspecified atom stereocenters. The van der Waals surface area contributed by atoms with Crippen LogP contribution >= 0.6 is 17.4 Å². The van der Waals surface area contributed by atoms with Gasteiger partial charge >= 0.3 is 0 Å². The minimum Gasteiger partial charge on any atom is -0.379 e. The summed E-state index contributed by atoms with van der Waals surface area (Å²) in [5, 5.41) is 5.30. The maximum Gasteiger partial charge on any atom is 0.219 e. The van der Waals surface area contributed by atoms with Crippen LogP contribution in [-0.4, -0.2) is 70.3 Å². The highest BCUT2D eigenvalue weighted by Crippen LogP contribution is 2.67. The number of rotatable bonds is 5. The van der Waals surface area contributed by atoms with Crippen LogP contribution in [0.1, 0.15) is 57.0 Å². The molecular weight excluding hydrogens is 487 g/mol. The van der Waals surface area contributed by atoms with Crippen LogP contribution in [-0.2, 0) is 28.9 Å². The van der Waals surface area contributed by atoms with E-state index in [4.69, 9.17) is 9.84 Å². The monoisotopic (exact) mass is 530 g/mol. The van der Waals surface area contributed by atoms with E-state index >= 15 is 0 Å². The fourth-order valence-electron chi connectivity index (χ4n) is 5.49. The maximum atomic E-state index is 12.3. The summed E-state index contributed by atoms with van der Waals surface area (Å²) in [6.07, 6.45) is 9.30. The zero-order valence-corrected chi connectivity index (χ0v) is 24.7. The highest BCUT2D eigenvalue weighted by Gasteiger charge is 2.36. The Hall–Kier alpha value is -1.56. The van der Waals surface area contributed by atoms with Crippen LogP contribution in [0.25, 0.3) is 0 Å². The Morgan fingerprint density at radius 3 is 2.72 bits per heavy atom. The van der Waals surface area contributed by atoms with E-state index in [1.807, 2.05) is 4.90 Å². The molecule has 3 aliphatic rings. The molecule has 1 amide bonds. The van der Waals surface area contributed by atoms with Crippen molar-refractivity contribution in [1.29, 1.82) is 0 Å². The third-order valence-corrected chi connectivity index (χ3v) is 17.5. The molecule has 0 saturated carbocycles. The lowest BCUT2D eigenvalue weighted by molar-refractivity contribution is -0.129. The Kier molecular flexibility index (Phi) is 7.21. The van der Waals surface area contributed by atoms with E-state index in [2.05, 4.69) is 67.1 Å². The van der Waals surface area contributed by atoms with Gasteiger partial charge in [0.25, 0.3) is 0 Å². The topological polar surface area (TPSA) is 50.6 Å². The fourth-order valence-corrected chi connectivity index (χ4v) is 10.1. The van der Waals surface area contributed by atoms with Crippen molar-refractivity contribution >= 4 is 34.8 Å². The maximum absolute atomic E-state index is 12.3. The average molecular weight is 531 g/mol. The second kappa shape index (κ2) is 9.96. The predicted molar refractivity (Wildman–Crippen MR) is 155 cm³/mol. The first-order valence-electron chi connectivity index (χ1n) is 13.3. The first kappa shape index (κ1) is 26.1. The molecule has 1 aromatic heterocycles. The number of para-hydroxylation sites is 1. The Bertz CT molecular complexity index is 1120. The summed E-state index contributed by atoms with van der Waals surface area (Å²) in [7, 11) is 0.332. The van der Waals surface area contributed by atoms with Gasteiger partial charge in [-0.2, -0.15) is 5.10 Å². The van der Waals surface area contributed by atoms with Crippen molar-refractivity contribution in [1.82, 2.24) is 14.7 Å². The lowest BCUT2D eigenvalue weighted by Crippen LogP contribution is -2.37. The van der Waals surface area contributed by atoms with Crippen LogP contribution in [0.5, 0.6) is 0 Å². The first-order valence-corrected chi connectivity index (χ1v) is 17.7. The zero-order valence-electron chi connectivity index (χ0n) is 22.8. The number of hydrogen-bond donors (Lipinski definition) is 0. The number of nitrogens with zero attached hydrogens (tertiary/aromatic N) is 4. The third kappa shape index (κ3) is 4.96. The molecule has 1 saturated heterocycles.